The van der Waals surface area contributed by atoms with E-state index >= 15 is 0 Å². The van der Waals surface area contributed by atoms with Gasteiger partial charge in [0.05, 0.1) is 23.5 Å². The maximum Gasteiger partial charge on any atom is 0.573 e. The fraction of sp³-hybridized carbons (Fsp3) is 0.280. The third kappa shape index (κ3) is 5.41. The average molecular weight is 478 g/mol. The van der Waals surface area contributed by atoms with Gasteiger partial charge in [-0.2, -0.15) is 0 Å². The smallest absolute Gasteiger partial charge is 0.406 e. The summed E-state index contributed by atoms with van der Waals surface area (Å²) < 4.78 is 69.7. The molecule has 4 rings (SSSR count). The minimum Gasteiger partial charge on any atom is -0.406 e. The van der Waals surface area contributed by atoms with Crippen LogP contribution in [0.2, 0.25) is 0 Å². The van der Waals surface area contributed by atoms with Gasteiger partial charge in [0.15, 0.2) is 0 Å². The van der Waals surface area contributed by atoms with Crippen molar-refractivity contribution in [3.05, 3.63) is 89.7 Å². The minimum absolute atomic E-state index is 0.0132. The summed E-state index contributed by atoms with van der Waals surface area (Å²) in [5.41, 5.74) is 2.35. The molecule has 0 unspecified atom stereocenters. The Balaban J connectivity index is 1.72. The number of ether oxygens (including phenoxy) is 1. The van der Waals surface area contributed by atoms with E-state index in [1.54, 1.807) is 18.2 Å². The molecule has 0 saturated carbocycles. The second-order valence-corrected chi connectivity index (χ2v) is 8.06. The number of nitrogens with zero attached hydrogens (tertiary/aromatic N) is 2. The van der Waals surface area contributed by atoms with Crippen LogP contribution in [0, 0.1) is 5.82 Å². The largest absolute Gasteiger partial charge is 0.573 e. The molecule has 2 atom stereocenters. The molecule has 180 valence electrons. The van der Waals surface area contributed by atoms with Gasteiger partial charge in [-0.05, 0) is 35.9 Å². The van der Waals surface area contributed by atoms with Crippen molar-refractivity contribution in [2.75, 3.05) is 29.6 Å². The maximum absolute atomic E-state index is 14.6. The lowest BCUT2D eigenvalue weighted by molar-refractivity contribution is -0.274. The van der Waals surface area contributed by atoms with Crippen LogP contribution in [-0.4, -0.2) is 37.3 Å². The van der Waals surface area contributed by atoms with Gasteiger partial charge >= 0.3 is 6.36 Å². The van der Waals surface area contributed by atoms with Gasteiger partial charge in [0.2, 0.25) is 0 Å². The van der Waals surface area contributed by atoms with Crippen molar-refractivity contribution in [1.82, 2.24) is 0 Å². The highest BCUT2D eigenvalue weighted by molar-refractivity contribution is 5.74. The lowest BCUT2D eigenvalue weighted by Crippen LogP contribution is -2.46. The highest BCUT2D eigenvalue weighted by Gasteiger charge is 2.34. The number of alkyl halides is 4. The number of halogens is 5. The molecule has 0 spiro atoms. The van der Waals surface area contributed by atoms with Crippen molar-refractivity contribution in [3.8, 4) is 5.75 Å². The first kappa shape index (κ1) is 23.8. The van der Waals surface area contributed by atoms with Gasteiger partial charge in [0, 0.05) is 25.2 Å². The van der Waals surface area contributed by atoms with Crippen LogP contribution < -0.4 is 14.5 Å². The molecule has 1 aliphatic heterocycles. The predicted octanol–water partition coefficient (Wildman–Crippen LogP) is 5.62. The molecule has 4 nitrogen and oxygen atoms in total. The standard InChI is InChI=1S/C25H23F5N2O2/c26-13-19(33)15-32-23-9-5-4-8-22(23)31(16-24(32)17-6-2-1-3-7-17)14-18-12-20(10-11-21(18)27)34-25(28,29)30/h1-12,19,24,33H,13-16H2/t19-,24-/m0/s1. The van der Waals surface area contributed by atoms with E-state index < -0.39 is 30.7 Å². The Morgan fingerprint density at radius 2 is 1.65 bits per heavy atom. The molecule has 34 heavy (non-hydrogen) atoms. The van der Waals surface area contributed by atoms with Gasteiger partial charge in [0.25, 0.3) is 0 Å². The van der Waals surface area contributed by atoms with Gasteiger partial charge in [-0.25, -0.2) is 8.78 Å². The maximum atomic E-state index is 14.6. The number of benzene rings is 3. The Hall–Kier alpha value is -3.33. The predicted molar refractivity (Wildman–Crippen MR) is 119 cm³/mol. The molecule has 1 heterocycles. The number of para-hydroxylation sites is 2. The molecule has 0 saturated heterocycles. The van der Waals surface area contributed by atoms with E-state index in [4.69, 9.17) is 0 Å². The summed E-state index contributed by atoms with van der Waals surface area (Å²) in [6, 6.07) is 19.2. The number of hydrogen-bond donors (Lipinski definition) is 1. The summed E-state index contributed by atoms with van der Waals surface area (Å²) in [7, 11) is 0. The van der Waals surface area contributed by atoms with E-state index in [-0.39, 0.29) is 24.7 Å². The van der Waals surface area contributed by atoms with Gasteiger partial charge in [-0.3, -0.25) is 0 Å². The normalized spacial score (nSPS) is 16.8. The second-order valence-electron chi connectivity index (χ2n) is 8.06. The van der Waals surface area contributed by atoms with E-state index in [1.165, 1.54) is 0 Å². The molecule has 9 heteroatoms. The number of hydrogen-bond acceptors (Lipinski definition) is 4. The third-order valence-corrected chi connectivity index (χ3v) is 5.68. The molecule has 0 aromatic heterocycles. The van der Waals surface area contributed by atoms with E-state index in [0.29, 0.717) is 17.9 Å². The first-order chi connectivity index (χ1) is 16.2. The van der Waals surface area contributed by atoms with Gasteiger partial charge < -0.3 is 19.6 Å². The highest BCUT2D eigenvalue weighted by Crippen LogP contribution is 2.42. The quantitative estimate of drug-likeness (QED) is 0.447. The summed E-state index contributed by atoms with van der Waals surface area (Å²) >= 11 is 0. The number of anilines is 2. The Morgan fingerprint density at radius 1 is 0.971 bits per heavy atom. The number of β-amino-alcohol motifs (C(OH)–C–C–N with tert-alkyl or cyclic N) is 1. The van der Waals surface area contributed by atoms with E-state index in [9.17, 15) is 27.1 Å². The molecule has 0 amide bonds. The molecule has 0 radical (unpaired) electrons. The van der Waals surface area contributed by atoms with Crippen LogP contribution >= 0.6 is 0 Å². The number of aliphatic hydroxyl groups excluding tert-OH is 1. The van der Waals surface area contributed by atoms with Crippen LogP contribution in [0.15, 0.2) is 72.8 Å². The Kier molecular flexibility index (Phi) is 6.92. The molecule has 1 N–H and O–H groups in total. The molecule has 0 bridgehead atoms. The summed E-state index contributed by atoms with van der Waals surface area (Å²) in [6.07, 6.45) is -6.08. The fourth-order valence-electron chi connectivity index (χ4n) is 4.23. The zero-order chi connectivity index (χ0) is 24.3. The number of fused-ring (bicyclic) bond motifs is 1. The number of rotatable bonds is 7. The van der Waals surface area contributed by atoms with Crippen LogP contribution in [0.1, 0.15) is 17.2 Å². The first-order valence-electron chi connectivity index (χ1n) is 10.7. The average Bonchev–Trinajstić information content (AvgIpc) is 2.82. The molecule has 0 aliphatic carbocycles. The highest BCUT2D eigenvalue weighted by atomic mass is 19.4. The third-order valence-electron chi connectivity index (χ3n) is 5.68. The van der Waals surface area contributed by atoms with Crippen molar-refractivity contribution >= 4 is 11.4 Å². The van der Waals surface area contributed by atoms with Crippen molar-refractivity contribution in [1.29, 1.82) is 0 Å². The molecule has 3 aromatic rings. The second kappa shape index (κ2) is 9.89. The summed E-state index contributed by atoms with van der Waals surface area (Å²) in [4.78, 5) is 3.77. The lowest BCUT2D eigenvalue weighted by atomic mass is 9.98. The van der Waals surface area contributed by atoms with Crippen LogP contribution in [-0.2, 0) is 6.54 Å². The minimum atomic E-state index is -4.89. The SMILES string of the molecule is O[C@@H](CF)CN1c2ccccc2N(Cc2cc(OC(F)(F)F)ccc2F)C[C@H]1c1ccccc1. The van der Waals surface area contributed by atoms with E-state index in [1.807, 2.05) is 46.2 Å². The monoisotopic (exact) mass is 478 g/mol. The van der Waals surface area contributed by atoms with Crippen molar-refractivity contribution in [2.45, 2.75) is 25.1 Å². The molecular weight excluding hydrogens is 455 g/mol. The first-order valence-corrected chi connectivity index (χ1v) is 10.7. The van der Waals surface area contributed by atoms with Crippen molar-refractivity contribution < 1.29 is 31.8 Å². The zero-order valence-electron chi connectivity index (χ0n) is 18.1. The van der Waals surface area contributed by atoms with Crippen LogP contribution in [0.4, 0.5) is 33.3 Å². The summed E-state index contributed by atoms with van der Waals surface area (Å²) in [6.45, 7) is -0.532. The van der Waals surface area contributed by atoms with Gasteiger partial charge in [-0.1, -0.05) is 42.5 Å². The van der Waals surface area contributed by atoms with Gasteiger partial charge in [0.1, 0.15) is 18.2 Å². The van der Waals surface area contributed by atoms with Crippen LogP contribution in [0.5, 0.6) is 5.75 Å². The number of aliphatic hydroxyl groups is 1. The fourth-order valence-corrected chi connectivity index (χ4v) is 4.23. The topological polar surface area (TPSA) is 35.9 Å². The van der Waals surface area contributed by atoms with Crippen LogP contribution in [0.25, 0.3) is 0 Å². The summed E-state index contributed by atoms with van der Waals surface area (Å²) in [5, 5.41) is 10.1. The Bertz CT molecular complexity index is 1110. The van der Waals surface area contributed by atoms with Crippen LogP contribution in [0.3, 0.4) is 0 Å². The van der Waals surface area contributed by atoms with Crippen molar-refractivity contribution in [3.63, 3.8) is 0 Å². The zero-order valence-corrected chi connectivity index (χ0v) is 18.1. The molecular formula is C25H23F5N2O2. The lowest BCUT2D eigenvalue weighted by Gasteiger charge is -2.45. The van der Waals surface area contributed by atoms with Gasteiger partial charge in [-0.15, -0.1) is 13.2 Å². The Labute approximate surface area is 193 Å². The molecule has 1 aliphatic rings. The van der Waals surface area contributed by atoms with E-state index in [0.717, 1.165) is 23.8 Å². The molecule has 3 aromatic carbocycles. The van der Waals surface area contributed by atoms with E-state index in [2.05, 4.69) is 4.74 Å². The molecule has 0 fully saturated rings. The summed E-state index contributed by atoms with van der Waals surface area (Å²) in [5.74, 6) is -1.15. The Morgan fingerprint density at radius 3 is 2.32 bits per heavy atom. The van der Waals surface area contributed by atoms with Crippen molar-refractivity contribution in [2.24, 2.45) is 0 Å².